The Morgan fingerprint density at radius 1 is 1.12 bits per heavy atom. The molecule has 1 rings (SSSR count). The number of rotatable bonds is 8. The second kappa shape index (κ2) is 8.26. The number of nitrogens with zero attached hydrogens (tertiary/aromatic N) is 1. The molecule has 1 aromatic carbocycles. The lowest BCUT2D eigenvalue weighted by Gasteiger charge is -2.17. The van der Waals surface area contributed by atoms with Crippen molar-refractivity contribution in [3.05, 3.63) is 35.4 Å². The monoisotopic (exact) mass is 234 g/mol. The van der Waals surface area contributed by atoms with E-state index in [1.807, 2.05) is 0 Å². The summed E-state index contributed by atoms with van der Waals surface area (Å²) in [5.41, 5.74) is 8.24. The van der Waals surface area contributed by atoms with E-state index in [-0.39, 0.29) is 0 Å². The van der Waals surface area contributed by atoms with Crippen LogP contribution in [0.4, 0.5) is 0 Å². The summed E-state index contributed by atoms with van der Waals surface area (Å²) in [6, 6.07) is 8.58. The zero-order valence-electron chi connectivity index (χ0n) is 11.3. The maximum Gasteiger partial charge on any atom is 0.0230 e. The number of hydrogen-bond acceptors (Lipinski definition) is 2. The van der Waals surface area contributed by atoms with E-state index >= 15 is 0 Å². The van der Waals surface area contributed by atoms with Crippen LogP contribution in [-0.4, -0.2) is 18.5 Å². The van der Waals surface area contributed by atoms with Gasteiger partial charge in [0, 0.05) is 13.1 Å². The van der Waals surface area contributed by atoms with Crippen molar-refractivity contribution < 1.29 is 0 Å². The Bertz CT molecular complexity index is 310. The highest BCUT2D eigenvalue weighted by Gasteiger charge is 2.00. The lowest BCUT2D eigenvalue weighted by Crippen LogP contribution is -2.19. The molecule has 2 N–H and O–H groups in total. The number of nitrogens with two attached hydrogens (primary N) is 1. The molecule has 0 saturated heterocycles. The van der Waals surface area contributed by atoms with Crippen LogP contribution in [0.15, 0.2) is 24.3 Å². The summed E-state index contributed by atoms with van der Waals surface area (Å²) in [5.74, 6) is 0. The van der Waals surface area contributed by atoms with Crippen molar-refractivity contribution in [2.75, 3.05) is 13.6 Å². The van der Waals surface area contributed by atoms with Crippen LogP contribution in [0, 0.1) is 0 Å². The van der Waals surface area contributed by atoms with Crippen molar-refractivity contribution in [2.24, 2.45) is 5.73 Å². The quantitative estimate of drug-likeness (QED) is 0.700. The minimum Gasteiger partial charge on any atom is -0.326 e. The van der Waals surface area contributed by atoms with Crippen molar-refractivity contribution in [3.63, 3.8) is 0 Å². The molecule has 0 aliphatic rings. The van der Waals surface area contributed by atoms with Gasteiger partial charge in [-0.25, -0.2) is 0 Å². The van der Waals surface area contributed by atoms with Crippen LogP contribution in [0.2, 0.25) is 0 Å². The van der Waals surface area contributed by atoms with Crippen LogP contribution in [0.3, 0.4) is 0 Å². The third-order valence-electron chi connectivity index (χ3n) is 3.07. The van der Waals surface area contributed by atoms with Crippen LogP contribution in [0.5, 0.6) is 0 Å². The molecule has 0 atom stereocenters. The Morgan fingerprint density at radius 2 is 1.88 bits per heavy atom. The van der Waals surface area contributed by atoms with Gasteiger partial charge < -0.3 is 10.6 Å². The molecule has 0 fully saturated rings. The standard InChI is InChI=1S/C15H26N2/c1-3-4-5-6-10-17(2)13-15-9-7-8-14(11-15)12-16/h7-9,11H,3-6,10,12-13,16H2,1-2H3. The average Bonchev–Trinajstić information content (AvgIpc) is 2.35. The predicted molar refractivity (Wildman–Crippen MR) is 74.8 cm³/mol. The summed E-state index contributed by atoms with van der Waals surface area (Å²) in [7, 11) is 2.20. The molecule has 2 heteroatoms. The first-order valence-electron chi connectivity index (χ1n) is 6.72. The molecule has 2 nitrogen and oxygen atoms in total. The van der Waals surface area contributed by atoms with Gasteiger partial charge in [-0.1, -0.05) is 50.5 Å². The van der Waals surface area contributed by atoms with Crippen molar-refractivity contribution in [3.8, 4) is 0 Å². The van der Waals surface area contributed by atoms with E-state index in [2.05, 4.69) is 43.1 Å². The average molecular weight is 234 g/mol. The molecule has 1 aromatic rings. The van der Waals surface area contributed by atoms with Gasteiger partial charge in [-0.2, -0.15) is 0 Å². The van der Waals surface area contributed by atoms with Gasteiger partial charge in [-0.05, 0) is 31.1 Å². The zero-order valence-corrected chi connectivity index (χ0v) is 11.3. The fourth-order valence-electron chi connectivity index (χ4n) is 2.05. The highest BCUT2D eigenvalue weighted by Crippen LogP contribution is 2.08. The molecule has 0 saturated carbocycles. The van der Waals surface area contributed by atoms with Gasteiger partial charge >= 0.3 is 0 Å². The molecule has 0 amide bonds. The number of unbranched alkanes of at least 4 members (excludes halogenated alkanes) is 3. The highest BCUT2D eigenvalue weighted by atomic mass is 15.1. The normalized spacial score (nSPS) is 11.1. The molecule has 0 radical (unpaired) electrons. The SMILES string of the molecule is CCCCCCN(C)Cc1cccc(CN)c1. The lowest BCUT2D eigenvalue weighted by atomic mass is 10.1. The van der Waals surface area contributed by atoms with Crippen molar-refractivity contribution in [1.29, 1.82) is 0 Å². The fourth-order valence-corrected chi connectivity index (χ4v) is 2.05. The van der Waals surface area contributed by atoms with Gasteiger partial charge in [0.25, 0.3) is 0 Å². The predicted octanol–water partition coefficient (Wildman–Crippen LogP) is 3.16. The Labute approximate surface area is 106 Å². The lowest BCUT2D eigenvalue weighted by molar-refractivity contribution is 0.317. The molecule has 17 heavy (non-hydrogen) atoms. The van der Waals surface area contributed by atoms with Crippen LogP contribution in [0.1, 0.15) is 43.7 Å². The Hall–Kier alpha value is -0.860. The first-order chi connectivity index (χ1) is 8.26. The van der Waals surface area contributed by atoms with Crippen molar-refractivity contribution in [2.45, 2.75) is 45.7 Å². The van der Waals surface area contributed by atoms with Gasteiger partial charge in [-0.3, -0.25) is 0 Å². The van der Waals surface area contributed by atoms with Crippen LogP contribution in [0.25, 0.3) is 0 Å². The van der Waals surface area contributed by atoms with E-state index in [1.54, 1.807) is 0 Å². The van der Waals surface area contributed by atoms with Gasteiger partial charge in [0.1, 0.15) is 0 Å². The summed E-state index contributed by atoms with van der Waals surface area (Å²) in [6.45, 7) is 5.10. The van der Waals surface area contributed by atoms with Crippen molar-refractivity contribution in [1.82, 2.24) is 4.90 Å². The van der Waals surface area contributed by atoms with Crippen LogP contribution >= 0.6 is 0 Å². The summed E-state index contributed by atoms with van der Waals surface area (Å²) < 4.78 is 0. The summed E-state index contributed by atoms with van der Waals surface area (Å²) >= 11 is 0. The molecular weight excluding hydrogens is 208 g/mol. The van der Waals surface area contributed by atoms with Crippen LogP contribution in [-0.2, 0) is 13.1 Å². The topological polar surface area (TPSA) is 29.3 Å². The van der Waals surface area contributed by atoms with E-state index < -0.39 is 0 Å². The van der Waals surface area contributed by atoms with Gasteiger partial charge in [0.2, 0.25) is 0 Å². The Kier molecular flexibility index (Phi) is 6.90. The smallest absolute Gasteiger partial charge is 0.0230 e. The van der Waals surface area contributed by atoms with E-state index in [9.17, 15) is 0 Å². The maximum absolute atomic E-state index is 5.65. The molecule has 0 bridgehead atoms. The first-order valence-corrected chi connectivity index (χ1v) is 6.72. The second-order valence-corrected chi connectivity index (χ2v) is 4.82. The van der Waals surface area contributed by atoms with E-state index in [0.29, 0.717) is 6.54 Å². The van der Waals surface area contributed by atoms with Crippen molar-refractivity contribution >= 4 is 0 Å². The van der Waals surface area contributed by atoms with E-state index in [0.717, 1.165) is 6.54 Å². The summed E-state index contributed by atoms with van der Waals surface area (Å²) in [6.07, 6.45) is 5.32. The van der Waals surface area contributed by atoms with Gasteiger partial charge in [-0.15, -0.1) is 0 Å². The second-order valence-electron chi connectivity index (χ2n) is 4.82. The highest BCUT2D eigenvalue weighted by molar-refractivity contribution is 5.23. The molecular formula is C15H26N2. The molecule has 0 aromatic heterocycles. The Morgan fingerprint density at radius 3 is 2.59 bits per heavy atom. The minimum atomic E-state index is 0.633. The number of benzene rings is 1. The Balaban J connectivity index is 2.31. The molecule has 0 heterocycles. The molecule has 96 valence electrons. The fraction of sp³-hybridized carbons (Fsp3) is 0.600. The number of hydrogen-bond donors (Lipinski definition) is 1. The molecule has 0 aliphatic heterocycles. The largest absolute Gasteiger partial charge is 0.326 e. The molecule has 0 aliphatic carbocycles. The minimum absolute atomic E-state index is 0.633. The summed E-state index contributed by atoms with van der Waals surface area (Å²) in [5, 5.41) is 0. The van der Waals surface area contributed by atoms with Gasteiger partial charge in [0.05, 0.1) is 0 Å². The third-order valence-corrected chi connectivity index (χ3v) is 3.07. The van der Waals surface area contributed by atoms with E-state index in [1.165, 1.54) is 43.4 Å². The third kappa shape index (κ3) is 5.85. The summed E-state index contributed by atoms with van der Waals surface area (Å²) in [4.78, 5) is 2.39. The molecule has 0 spiro atoms. The maximum atomic E-state index is 5.65. The molecule has 0 unspecified atom stereocenters. The van der Waals surface area contributed by atoms with Crippen LogP contribution < -0.4 is 5.73 Å². The van der Waals surface area contributed by atoms with E-state index in [4.69, 9.17) is 5.73 Å². The van der Waals surface area contributed by atoms with Gasteiger partial charge in [0.15, 0.2) is 0 Å². The first kappa shape index (κ1) is 14.2. The zero-order chi connectivity index (χ0) is 12.5.